The van der Waals surface area contributed by atoms with Crippen LogP contribution in [0.4, 0.5) is 11.4 Å². The number of carbonyl (C=O) groups is 1. The van der Waals surface area contributed by atoms with Gasteiger partial charge in [-0.3, -0.25) is 14.9 Å². The molecule has 1 heterocycles. The van der Waals surface area contributed by atoms with Gasteiger partial charge in [-0.1, -0.05) is 13.8 Å². The molecule has 0 radical (unpaired) electrons. The van der Waals surface area contributed by atoms with E-state index in [-0.39, 0.29) is 5.69 Å². The third-order valence-corrected chi connectivity index (χ3v) is 4.39. The highest BCUT2D eigenvalue weighted by Gasteiger charge is 2.24. The van der Waals surface area contributed by atoms with Crippen molar-refractivity contribution >= 4 is 17.7 Å². The van der Waals surface area contributed by atoms with E-state index in [0.717, 1.165) is 25.9 Å². The van der Waals surface area contributed by atoms with Gasteiger partial charge in [-0.25, -0.2) is 0 Å². The molecular weight excluding hydrogens is 268 g/mol. The molecule has 0 amide bonds. The van der Waals surface area contributed by atoms with Crippen LogP contribution in [0.5, 0.6) is 0 Å². The molecule has 1 saturated heterocycles. The largest absolute Gasteiger partial charge is 0.366 e. The number of nitro groups is 1. The maximum Gasteiger partial charge on any atom is 0.293 e. The molecule has 0 bridgehead atoms. The summed E-state index contributed by atoms with van der Waals surface area (Å²) in [6.45, 7) is 6.15. The summed E-state index contributed by atoms with van der Waals surface area (Å²) < 4.78 is 0. The molecule has 0 spiro atoms. The summed E-state index contributed by atoms with van der Waals surface area (Å²) in [5.41, 5.74) is 1.01. The Kier molecular flexibility index (Phi) is 4.94. The van der Waals surface area contributed by atoms with Gasteiger partial charge in [-0.15, -0.1) is 0 Å². The molecule has 0 aromatic heterocycles. The monoisotopic (exact) mass is 290 g/mol. The fourth-order valence-electron chi connectivity index (χ4n) is 3.06. The maximum absolute atomic E-state index is 11.3. The minimum Gasteiger partial charge on any atom is -0.366 e. The van der Waals surface area contributed by atoms with E-state index in [9.17, 15) is 14.9 Å². The number of nitro benzene ring substituents is 1. The lowest BCUT2D eigenvalue weighted by molar-refractivity contribution is -0.384. The minimum atomic E-state index is -0.396. The van der Waals surface area contributed by atoms with E-state index < -0.39 is 4.92 Å². The molecule has 0 aliphatic carbocycles. The Hall–Kier alpha value is -1.91. The molecule has 1 aliphatic rings. The lowest BCUT2D eigenvalue weighted by atomic mass is 9.89. The topological polar surface area (TPSA) is 63.5 Å². The quantitative estimate of drug-likeness (QED) is 0.482. The predicted molar refractivity (Wildman–Crippen MR) is 82.9 cm³/mol. The number of nitrogens with zero attached hydrogens (tertiary/aromatic N) is 2. The van der Waals surface area contributed by atoms with Gasteiger partial charge in [0.1, 0.15) is 12.0 Å². The first kappa shape index (κ1) is 15.5. The molecule has 114 valence electrons. The second kappa shape index (κ2) is 6.70. The van der Waals surface area contributed by atoms with E-state index in [0.29, 0.717) is 29.4 Å². The van der Waals surface area contributed by atoms with Crippen molar-refractivity contribution in [2.75, 3.05) is 18.0 Å². The van der Waals surface area contributed by atoms with Crippen molar-refractivity contribution in [3.8, 4) is 0 Å². The van der Waals surface area contributed by atoms with Gasteiger partial charge >= 0.3 is 0 Å². The van der Waals surface area contributed by atoms with Crippen LogP contribution in [0.3, 0.4) is 0 Å². The standard InChI is InChI=1S/C16H22N2O3/c1-12(2)14-4-3-8-17(9-7-14)15-6-5-13(11-19)10-16(15)18(20)21/h5-6,10-12,14H,3-4,7-9H2,1-2H3. The highest BCUT2D eigenvalue weighted by molar-refractivity contribution is 5.79. The first-order chi connectivity index (χ1) is 10.0. The van der Waals surface area contributed by atoms with Crippen molar-refractivity contribution in [1.29, 1.82) is 0 Å². The fraction of sp³-hybridized carbons (Fsp3) is 0.562. The Balaban J connectivity index is 2.25. The zero-order valence-corrected chi connectivity index (χ0v) is 12.6. The molecule has 0 saturated carbocycles. The second-order valence-electron chi connectivity index (χ2n) is 6.05. The van der Waals surface area contributed by atoms with Gasteiger partial charge in [0.2, 0.25) is 0 Å². The maximum atomic E-state index is 11.3. The fourth-order valence-corrected chi connectivity index (χ4v) is 3.06. The van der Waals surface area contributed by atoms with Gasteiger partial charge in [-0.2, -0.15) is 0 Å². The summed E-state index contributed by atoms with van der Waals surface area (Å²) in [5, 5.41) is 11.3. The Labute approximate surface area is 125 Å². The van der Waals surface area contributed by atoms with E-state index in [1.54, 1.807) is 12.1 Å². The van der Waals surface area contributed by atoms with Crippen LogP contribution < -0.4 is 4.90 Å². The number of anilines is 1. The van der Waals surface area contributed by atoms with Gasteiger partial charge in [0, 0.05) is 24.7 Å². The average Bonchev–Trinajstić information content (AvgIpc) is 2.72. The lowest BCUT2D eigenvalue weighted by Gasteiger charge is -2.23. The summed E-state index contributed by atoms with van der Waals surface area (Å²) in [6.07, 6.45) is 3.93. The van der Waals surface area contributed by atoms with E-state index in [4.69, 9.17) is 0 Å². The van der Waals surface area contributed by atoms with Crippen LogP contribution in [0.1, 0.15) is 43.5 Å². The number of hydrogen-bond donors (Lipinski definition) is 0. The molecule has 5 heteroatoms. The van der Waals surface area contributed by atoms with Crippen molar-refractivity contribution in [3.05, 3.63) is 33.9 Å². The summed E-state index contributed by atoms with van der Waals surface area (Å²) >= 11 is 0. The van der Waals surface area contributed by atoms with Gasteiger partial charge in [0.05, 0.1) is 4.92 Å². The van der Waals surface area contributed by atoms with Crippen molar-refractivity contribution in [2.45, 2.75) is 33.1 Å². The molecule has 0 N–H and O–H groups in total. The number of benzene rings is 1. The zero-order valence-electron chi connectivity index (χ0n) is 12.6. The Morgan fingerprint density at radius 2 is 2.10 bits per heavy atom. The normalized spacial score (nSPS) is 19.4. The molecule has 1 aliphatic heterocycles. The van der Waals surface area contributed by atoms with Crippen LogP contribution in [0.15, 0.2) is 18.2 Å². The van der Waals surface area contributed by atoms with Crippen LogP contribution in [0.2, 0.25) is 0 Å². The Bertz CT molecular complexity index is 528. The van der Waals surface area contributed by atoms with E-state index in [1.807, 2.05) is 0 Å². The molecule has 1 atom stereocenters. The van der Waals surface area contributed by atoms with Crippen LogP contribution in [0, 0.1) is 22.0 Å². The summed E-state index contributed by atoms with van der Waals surface area (Å²) in [6, 6.07) is 4.73. The van der Waals surface area contributed by atoms with E-state index in [2.05, 4.69) is 18.7 Å². The minimum absolute atomic E-state index is 0.0302. The third kappa shape index (κ3) is 3.60. The SMILES string of the molecule is CC(C)C1CCCN(c2ccc(C=O)cc2[N+](=O)[O-])CC1. The number of aldehydes is 1. The predicted octanol–water partition coefficient (Wildman–Crippen LogP) is 3.67. The summed E-state index contributed by atoms with van der Waals surface area (Å²) in [4.78, 5) is 23.8. The van der Waals surface area contributed by atoms with Crippen molar-refractivity contribution in [1.82, 2.24) is 0 Å². The first-order valence-electron chi connectivity index (χ1n) is 7.51. The van der Waals surface area contributed by atoms with Gasteiger partial charge in [0.15, 0.2) is 0 Å². The second-order valence-corrected chi connectivity index (χ2v) is 6.05. The smallest absolute Gasteiger partial charge is 0.293 e. The average molecular weight is 290 g/mol. The number of hydrogen-bond acceptors (Lipinski definition) is 4. The highest BCUT2D eigenvalue weighted by Crippen LogP contribution is 2.33. The Morgan fingerprint density at radius 1 is 1.33 bits per heavy atom. The van der Waals surface area contributed by atoms with Crippen molar-refractivity contribution in [3.63, 3.8) is 0 Å². The number of rotatable bonds is 4. The molecule has 2 rings (SSSR count). The van der Waals surface area contributed by atoms with Gasteiger partial charge in [0.25, 0.3) is 5.69 Å². The first-order valence-corrected chi connectivity index (χ1v) is 7.51. The zero-order chi connectivity index (χ0) is 15.4. The third-order valence-electron chi connectivity index (χ3n) is 4.39. The van der Waals surface area contributed by atoms with Crippen LogP contribution in [-0.4, -0.2) is 24.3 Å². The lowest BCUT2D eigenvalue weighted by Crippen LogP contribution is -2.25. The van der Waals surface area contributed by atoms with Crippen LogP contribution in [-0.2, 0) is 0 Å². The van der Waals surface area contributed by atoms with Crippen molar-refractivity contribution < 1.29 is 9.72 Å². The van der Waals surface area contributed by atoms with Crippen molar-refractivity contribution in [2.24, 2.45) is 11.8 Å². The molecule has 1 unspecified atom stereocenters. The van der Waals surface area contributed by atoms with Crippen LogP contribution in [0.25, 0.3) is 0 Å². The molecular formula is C16H22N2O3. The molecule has 1 aromatic rings. The summed E-state index contributed by atoms with van der Waals surface area (Å²) in [5.74, 6) is 1.33. The molecule has 21 heavy (non-hydrogen) atoms. The highest BCUT2D eigenvalue weighted by atomic mass is 16.6. The van der Waals surface area contributed by atoms with Gasteiger partial charge < -0.3 is 4.90 Å². The van der Waals surface area contributed by atoms with Crippen LogP contribution >= 0.6 is 0 Å². The molecule has 5 nitrogen and oxygen atoms in total. The summed E-state index contributed by atoms with van der Waals surface area (Å²) in [7, 11) is 0. The Morgan fingerprint density at radius 3 is 2.71 bits per heavy atom. The number of carbonyl (C=O) groups excluding carboxylic acids is 1. The molecule has 1 aromatic carbocycles. The van der Waals surface area contributed by atoms with E-state index >= 15 is 0 Å². The van der Waals surface area contributed by atoms with E-state index in [1.165, 1.54) is 12.5 Å². The van der Waals surface area contributed by atoms with Gasteiger partial charge in [-0.05, 0) is 43.2 Å². The molecule has 1 fully saturated rings.